The number of rotatable bonds is 17. The van der Waals surface area contributed by atoms with Crippen molar-refractivity contribution < 1.29 is 0 Å². The summed E-state index contributed by atoms with van der Waals surface area (Å²) in [5.74, 6) is 0.612. The first kappa shape index (κ1) is 27.0. The Kier molecular flexibility index (Phi) is 24.0. The van der Waals surface area contributed by atoms with E-state index in [0.717, 1.165) is 0 Å². The second kappa shape index (κ2) is 24.0. The SMILES string of the molecule is CCCCCCCCCCCCCCCCCCBr.ClCc1ccccc1. The van der Waals surface area contributed by atoms with Crippen molar-refractivity contribution in [2.45, 2.75) is 116 Å². The van der Waals surface area contributed by atoms with Crippen molar-refractivity contribution in [3.63, 3.8) is 0 Å². The fourth-order valence-electron chi connectivity index (χ4n) is 3.21. The van der Waals surface area contributed by atoms with Gasteiger partial charge in [-0.05, 0) is 12.0 Å². The maximum atomic E-state index is 5.53. The van der Waals surface area contributed by atoms with Crippen molar-refractivity contribution >= 4 is 27.5 Å². The van der Waals surface area contributed by atoms with E-state index in [4.69, 9.17) is 11.6 Å². The predicted molar refractivity (Wildman–Crippen MR) is 129 cm³/mol. The average Bonchev–Trinajstić information content (AvgIpc) is 2.72. The lowest BCUT2D eigenvalue weighted by atomic mass is 10.0. The second-order valence-corrected chi connectivity index (χ2v) is 8.67. The minimum Gasteiger partial charge on any atom is -0.122 e. The van der Waals surface area contributed by atoms with Gasteiger partial charge in [0.15, 0.2) is 0 Å². The van der Waals surface area contributed by atoms with E-state index in [1.807, 2.05) is 30.3 Å². The average molecular weight is 460 g/mol. The van der Waals surface area contributed by atoms with Crippen LogP contribution in [0.3, 0.4) is 0 Å². The van der Waals surface area contributed by atoms with Gasteiger partial charge < -0.3 is 0 Å². The van der Waals surface area contributed by atoms with Crippen LogP contribution in [0.15, 0.2) is 30.3 Å². The molecule has 0 unspecified atom stereocenters. The van der Waals surface area contributed by atoms with Crippen molar-refractivity contribution in [1.29, 1.82) is 0 Å². The number of hydrogen-bond acceptors (Lipinski definition) is 0. The van der Waals surface area contributed by atoms with E-state index in [-0.39, 0.29) is 0 Å². The molecule has 158 valence electrons. The monoisotopic (exact) mass is 458 g/mol. The molecule has 0 saturated carbocycles. The molecule has 0 amide bonds. The van der Waals surface area contributed by atoms with Crippen LogP contribution >= 0.6 is 27.5 Å². The van der Waals surface area contributed by atoms with Gasteiger partial charge in [-0.15, -0.1) is 11.6 Å². The highest BCUT2D eigenvalue weighted by Gasteiger charge is 1.94. The van der Waals surface area contributed by atoms with E-state index in [0.29, 0.717) is 5.88 Å². The maximum absolute atomic E-state index is 5.53. The van der Waals surface area contributed by atoms with E-state index in [2.05, 4.69) is 22.9 Å². The normalized spacial score (nSPS) is 10.5. The van der Waals surface area contributed by atoms with Crippen LogP contribution < -0.4 is 0 Å². The molecule has 0 saturated heterocycles. The number of halogens is 2. The Morgan fingerprint density at radius 3 is 1.26 bits per heavy atom. The van der Waals surface area contributed by atoms with Gasteiger partial charge in [0.05, 0.1) is 0 Å². The fraction of sp³-hybridized carbons (Fsp3) is 0.760. The summed E-state index contributed by atoms with van der Waals surface area (Å²) in [7, 11) is 0. The molecule has 0 atom stereocenters. The van der Waals surface area contributed by atoms with Crippen molar-refractivity contribution in [1.82, 2.24) is 0 Å². The minimum atomic E-state index is 0.612. The zero-order chi connectivity index (χ0) is 19.8. The molecule has 27 heavy (non-hydrogen) atoms. The van der Waals surface area contributed by atoms with Gasteiger partial charge in [0.1, 0.15) is 0 Å². The Bertz CT molecular complexity index is 350. The Balaban J connectivity index is 0.000000694. The number of hydrogen-bond donors (Lipinski definition) is 0. The second-order valence-electron chi connectivity index (χ2n) is 7.61. The van der Waals surface area contributed by atoms with Crippen molar-refractivity contribution in [3.8, 4) is 0 Å². The third-order valence-electron chi connectivity index (χ3n) is 4.98. The van der Waals surface area contributed by atoms with Crippen LogP contribution in [0.2, 0.25) is 0 Å². The first-order chi connectivity index (χ1) is 13.3. The van der Waals surface area contributed by atoms with Gasteiger partial charge in [0.25, 0.3) is 0 Å². The van der Waals surface area contributed by atoms with Crippen LogP contribution in [-0.4, -0.2) is 5.33 Å². The van der Waals surface area contributed by atoms with Crippen molar-refractivity contribution in [3.05, 3.63) is 35.9 Å². The fourth-order valence-corrected chi connectivity index (χ4v) is 3.78. The quantitative estimate of drug-likeness (QED) is 0.160. The summed E-state index contributed by atoms with van der Waals surface area (Å²) in [5, 5.41) is 1.19. The summed E-state index contributed by atoms with van der Waals surface area (Å²) >= 11 is 9.02. The Hall–Kier alpha value is -0.0100. The van der Waals surface area contributed by atoms with Crippen LogP contribution in [0.1, 0.15) is 115 Å². The van der Waals surface area contributed by atoms with Gasteiger partial charge in [-0.3, -0.25) is 0 Å². The molecule has 1 rings (SSSR count). The largest absolute Gasteiger partial charge is 0.122 e. The van der Waals surface area contributed by atoms with Crippen LogP contribution in [0.4, 0.5) is 0 Å². The molecule has 0 N–H and O–H groups in total. The number of unbranched alkanes of at least 4 members (excludes halogenated alkanes) is 15. The summed E-state index contributed by atoms with van der Waals surface area (Å²) in [5.41, 5.74) is 1.18. The molecule has 0 aliphatic carbocycles. The number of benzene rings is 1. The molecule has 1 aromatic carbocycles. The molecule has 0 aliphatic rings. The van der Waals surface area contributed by atoms with E-state index in [9.17, 15) is 0 Å². The zero-order valence-electron chi connectivity index (χ0n) is 17.9. The zero-order valence-corrected chi connectivity index (χ0v) is 20.2. The standard InChI is InChI=1S/C18H37Br.C7H7Cl/c1-2-3-4-5-6-7-8-9-10-11-12-13-14-15-16-17-18-19;8-6-7-4-2-1-3-5-7/h2-18H2,1H3;1-5H,6H2. The lowest BCUT2D eigenvalue weighted by molar-refractivity contribution is 0.532. The first-order valence-electron chi connectivity index (χ1n) is 11.5. The van der Waals surface area contributed by atoms with E-state index in [1.54, 1.807) is 0 Å². The van der Waals surface area contributed by atoms with Crippen LogP contribution in [0.5, 0.6) is 0 Å². The topological polar surface area (TPSA) is 0 Å². The molecular weight excluding hydrogens is 416 g/mol. The molecule has 0 spiro atoms. The van der Waals surface area contributed by atoms with Crippen molar-refractivity contribution in [2.24, 2.45) is 0 Å². The highest BCUT2D eigenvalue weighted by Crippen LogP contribution is 2.13. The van der Waals surface area contributed by atoms with Gasteiger partial charge in [0, 0.05) is 11.2 Å². The van der Waals surface area contributed by atoms with Crippen molar-refractivity contribution in [2.75, 3.05) is 5.33 Å². The summed E-state index contributed by atoms with van der Waals surface area (Å²) < 4.78 is 0. The maximum Gasteiger partial charge on any atom is 0.0474 e. The molecule has 1 aromatic rings. The smallest absolute Gasteiger partial charge is 0.0474 e. The molecule has 0 radical (unpaired) electrons. The van der Waals surface area contributed by atoms with Gasteiger partial charge in [0.2, 0.25) is 0 Å². The Labute approximate surface area is 184 Å². The third-order valence-corrected chi connectivity index (χ3v) is 5.85. The van der Waals surface area contributed by atoms with Crippen LogP contribution in [-0.2, 0) is 5.88 Å². The summed E-state index contributed by atoms with van der Waals surface area (Å²) in [4.78, 5) is 0. The summed E-state index contributed by atoms with van der Waals surface area (Å²) in [6.45, 7) is 2.29. The summed E-state index contributed by atoms with van der Waals surface area (Å²) in [6.07, 6.45) is 23.3. The lowest BCUT2D eigenvalue weighted by Crippen LogP contribution is -1.83. The minimum absolute atomic E-state index is 0.612. The molecular formula is C25H44BrCl. The van der Waals surface area contributed by atoms with Crippen LogP contribution in [0.25, 0.3) is 0 Å². The molecule has 0 heterocycles. The Morgan fingerprint density at radius 1 is 0.593 bits per heavy atom. The lowest BCUT2D eigenvalue weighted by Gasteiger charge is -2.03. The van der Waals surface area contributed by atoms with Gasteiger partial charge in [-0.1, -0.05) is 149 Å². The highest BCUT2D eigenvalue weighted by atomic mass is 79.9. The van der Waals surface area contributed by atoms with Crippen LogP contribution in [0, 0.1) is 0 Å². The van der Waals surface area contributed by atoms with E-state index >= 15 is 0 Å². The molecule has 0 nitrogen and oxygen atoms in total. The third kappa shape index (κ3) is 22.1. The van der Waals surface area contributed by atoms with Gasteiger partial charge >= 0.3 is 0 Å². The highest BCUT2D eigenvalue weighted by molar-refractivity contribution is 9.09. The predicted octanol–water partition coefficient (Wildman–Crippen LogP) is 10.1. The summed E-state index contributed by atoms with van der Waals surface area (Å²) in [6, 6.07) is 9.96. The molecule has 2 heteroatoms. The van der Waals surface area contributed by atoms with E-state index < -0.39 is 0 Å². The first-order valence-corrected chi connectivity index (χ1v) is 13.2. The number of alkyl halides is 2. The molecule has 0 aliphatic heterocycles. The van der Waals surface area contributed by atoms with Gasteiger partial charge in [-0.25, -0.2) is 0 Å². The Morgan fingerprint density at radius 2 is 0.963 bits per heavy atom. The molecule has 0 aromatic heterocycles. The molecule has 0 bridgehead atoms. The van der Waals surface area contributed by atoms with Gasteiger partial charge in [-0.2, -0.15) is 0 Å². The van der Waals surface area contributed by atoms with E-state index in [1.165, 1.54) is 114 Å². The molecule has 0 fully saturated rings.